The zero-order valence-corrected chi connectivity index (χ0v) is 15.9. The number of carbonyl (C=O) groups excluding carboxylic acids is 2. The Morgan fingerprint density at radius 3 is 2.64 bits per heavy atom. The highest BCUT2D eigenvalue weighted by Gasteiger charge is 2.51. The molecule has 0 N–H and O–H groups in total. The lowest BCUT2D eigenvalue weighted by atomic mass is 10.0. The lowest BCUT2D eigenvalue weighted by molar-refractivity contribution is -0.159. The average molecular weight is 388 g/mol. The summed E-state index contributed by atoms with van der Waals surface area (Å²) in [5, 5.41) is 13.5. The number of ether oxygens (including phenoxy) is 3. The molecule has 0 amide bonds. The molecule has 28 heavy (non-hydrogen) atoms. The number of carbonyl (C=O) groups is 2. The van der Waals surface area contributed by atoms with E-state index in [4.69, 9.17) is 14.2 Å². The van der Waals surface area contributed by atoms with Crippen LogP contribution < -0.4 is 0 Å². The van der Waals surface area contributed by atoms with Gasteiger partial charge < -0.3 is 19.4 Å². The van der Waals surface area contributed by atoms with Gasteiger partial charge in [0.25, 0.3) is 6.10 Å². The zero-order valence-electron chi connectivity index (χ0n) is 15.9. The Morgan fingerprint density at radius 1 is 1.36 bits per heavy atom. The number of hydrogen-bond acceptors (Lipinski definition) is 7. The van der Waals surface area contributed by atoms with Crippen LogP contribution in [0.2, 0.25) is 0 Å². The molecule has 8 nitrogen and oxygen atoms in total. The molecule has 1 saturated heterocycles. The van der Waals surface area contributed by atoms with E-state index in [0.717, 1.165) is 5.56 Å². The third-order valence-corrected chi connectivity index (χ3v) is 4.29. The Bertz CT molecular complexity index is 742. The van der Waals surface area contributed by atoms with Crippen LogP contribution in [0.15, 0.2) is 43.0 Å². The van der Waals surface area contributed by atoms with Gasteiger partial charge in [-0.25, -0.2) is 0 Å². The molecule has 0 aromatic heterocycles. The molecule has 150 valence electrons. The summed E-state index contributed by atoms with van der Waals surface area (Å²) in [5.41, 5.74) is 0.965. The molecule has 2 rings (SSSR count). The van der Waals surface area contributed by atoms with Crippen molar-refractivity contribution in [2.24, 2.45) is 0 Å². The largest absolute Gasteiger partial charge is 0.498 e. The van der Waals surface area contributed by atoms with E-state index in [1.54, 1.807) is 6.08 Å². The number of hydrogen-bond donors (Lipinski definition) is 0. The summed E-state index contributed by atoms with van der Waals surface area (Å²) in [7, 11) is 0. The van der Waals surface area contributed by atoms with Crippen molar-refractivity contribution in [2.75, 3.05) is 13.1 Å². The van der Waals surface area contributed by atoms with Crippen LogP contribution in [-0.4, -0.2) is 54.3 Å². The average Bonchev–Trinajstić information content (AvgIpc) is 2.97. The number of nitrogens with zero attached hydrogens (tertiary/aromatic N) is 2. The molecule has 0 spiro atoms. The molecule has 1 aliphatic heterocycles. The molecule has 4 atom stereocenters. The molecule has 1 fully saturated rings. The minimum absolute atomic E-state index is 0.315. The maximum Gasteiger partial charge on any atom is 0.345 e. The summed E-state index contributed by atoms with van der Waals surface area (Å²) < 4.78 is 16.7. The van der Waals surface area contributed by atoms with Gasteiger partial charge in [0, 0.05) is 31.9 Å². The normalized spacial score (nSPS) is 22.6. The molecule has 8 heteroatoms. The molecule has 0 unspecified atom stereocenters. The molecule has 0 saturated carbocycles. The van der Waals surface area contributed by atoms with E-state index in [1.807, 2.05) is 35.2 Å². The van der Waals surface area contributed by atoms with Crippen molar-refractivity contribution in [3.05, 3.63) is 58.8 Å². The van der Waals surface area contributed by atoms with Crippen molar-refractivity contribution in [2.45, 2.75) is 44.8 Å². The third kappa shape index (κ3) is 5.81. The van der Waals surface area contributed by atoms with E-state index in [0.29, 0.717) is 19.7 Å². The monoisotopic (exact) mass is 388 g/mol. The minimum Gasteiger partial charge on any atom is -0.498 e. The highest BCUT2D eigenvalue weighted by atomic mass is 16.6. The second kappa shape index (κ2) is 10.4. The van der Waals surface area contributed by atoms with Crippen LogP contribution in [0.25, 0.3) is 5.01 Å². The Morgan fingerprint density at radius 2 is 2.07 bits per heavy atom. The van der Waals surface area contributed by atoms with Crippen LogP contribution in [0.1, 0.15) is 19.4 Å². The van der Waals surface area contributed by atoms with Gasteiger partial charge >= 0.3 is 18.0 Å². The Hall–Kier alpha value is -2.89. The van der Waals surface area contributed by atoms with E-state index >= 15 is 0 Å². The fraction of sp³-hybridized carbons (Fsp3) is 0.450. The van der Waals surface area contributed by atoms with Crippen molar-refractivity contribution >= 4 is 11.9 Å². The van der Waals surface area contributed by atoms with Gasteiger partial charge in [0.15, 0.2) is 0 Å². The summed E-state index contributed by atoms with van der Waals surface area (Å²) >= 11 is 0. The molecule has 1 aliphatic rings. The predicted octanol–water partition coefficient (Wildman–Crippen LogP) is 2.14. The van der Waals surface area contributed by atoms with E-state index in [-0.39, 0.29) is 0 Å². The fourth-order valence-electron chi connectivity index (χ4n) is 3.28. The lowest BCUT2D eigenvalue weighted by Crippen LogP contribution is -2.48. The first-order valence-corrected chi connectivity index (χ1v) is 8.89. The van der Waals surface area contributed by atoms with Gasteiger partial charge in [0.1, 0.15) is 18.2 Å². The van der Waals surface area contributed by atoms with Crippen LogP contribution >= 0.6 is 0 Å². The molecular weight excluding hydrogens is 364 g/mol. The first-order chi connectivity index (χ1) is 13.5. The molecule has 1 heterocycles. The van der Waals surface area contributed by atoms with E-state index in [2.05, 4.69) is 17.7 Å². The Balaban J connectivity index is 2.28. The summed E-state index contributed by atoms with van der Waals surface area (Å²) in [4.78, 5) is 25.1. The first-order valence-electron chi connectivity index (χ1n) is 8.89. The third-order valence-electron chi connectivity index (χ3n) is 4.29. The standard InChI is InChI=1S/C20H24N2O6/c1-4-10-22-12-18(26-13-16-8-6-5-7-9-16)20(28-15(3)24)19(22)17(11-21-25)27-14(2)23/h4-9,17-20H,1,10,12-13H2,2-3H3/t17-,18+,19+,20+/m0/s1. The minimum atomic E-state index is -1.11. The summed E-state index contributed by atoms with van der Waals surface area (Å²) in [6, 6.07) is 11.1. The van der Waals surface area contributed by atoms with Crippen molar-refractivity contribution in [3.63, 3.8) is 0 Å². The highest BCUT2D eigenvalue weighted by Crippen LogP contribution is 2.29. The van der Waals surface area contributed by atoms with Crippen molar-refractivity contribution < 1.29 is 23.8 Å². The van der Waals surface area contributed by atoms with E-state index in [1.165, 1.54) is 13.8 Å². The van der Waals surface area contributed by atoms with Crippen molar-refractivity contribution in [1.29, 1.82) is 0 Å². The number of benzene rings is 1. The molecule has 0 bridgehead atoms. The highest BCUT2D eigenvalue weighted by molar-refractivity contribution is 5.67. The number of esters is 2. The summed E-state index contributed by atoms with van der Waals surface area (Å²) in [6.07, 6.45) is -0.721. The Labute approximate surface area is 164 Å². The van der Waals surface area contributed by atoms with Gasteiger partial charge in [-0.1, -0.05) is 36.4 Å². The van der Waals surface area contributed by atoms with Crippen LogP contribution in [0.4, 0.5) is 0 Å². The SMILES string of the molecule is C=CCN1C[C@@H](OCc2ccccc2)[C@@H](OC(C)=O)[C@H]1[C@H](C#[N+][O-])OC(C)=O. The van der Waals surface area contributed by atoms with Crippen molar-refractivity contribution in [1.82, 2.24) is 4.90 Å². The number of rotatable bonds is 8. The summed E-state index contributed by atoms with van der Waals surface area (Å²) in [6.45, 7) is 7.34. The first kappa shape index (κ1) is 21.4. The van der Waals surface area contributed by atoms with Crippen LogP contribution in [-0.2, 0) is 30.4 Å². The van der Waals surface area contributed by atoms with E-state index in [9.17, 15) is 14.8 Å². The van der Waals surface area contributed by atoms with Gasteiger partial charge in [0.2, 0.25) is 0 Å². The number of likely N-dealkylation sites (tertiary alicyclic amines) is 1. The maximum absolute atomic E-state index is 11.7. The van der Waals surface area contributed by atoms with Crippen LogP contribution in [0, 0.1) is 11.3 Å². The molecule has 0 aliphatic carbocycles. The van der Waals surface area contributed by atoms with Crippen LogP contribution in [0.5, 0.6) is 0 Å². The van der Waals surface area contributed by atoms with Gasteiger partial charge in [-0.3, -0.25) is 14.5 Å². The zero-order chi connectivity index (χ0) is 20.5. The second-order valence-electron chi connectivity index (χ2n) is 6.39. The second-order valence-corrected chi connectivity index (χ2v) is 6.39. The van der Waals surface area contributed by atoms with Crippen molar-refractivity contribution in [3.8, 4) is 6.07 Å². The summed E-state index contributed by atoms with van der Waals surface area (Å²) in [5.74, 6) is -1.11. The van der Waals surface area contributed by atoms with E-state index < -0.39 is 36.3 Å². The maximum atomic E-state index is 11.7. The van der Waals surface area contributed by atoms with Crippen LogP contribution in [0.3, 0.4) is 0 Å². The van der Waals surface area contributed by atoms with Gasteiger partial charge in [-0.05, 0) is 5.56 Å². The quantitative estimate of drug-likeness (QED) is 0.383. The molecule has 1 aromatic rings. The molecular formula is C20H24N2O6. The van der Waals surface area contributed by atoms with Gasteiger partial charge in [0.05, 0.1) is 6.61 Å². The predicted molar refractivity (Wildman–Crippen MR) is 102 cm³/mol. The molecule has 0 radical (unpaired) electrons. The fourth-order valence-corrected chi connectivity index (χ4v) is 3.28. The smallest absolute Gasteiger partial charge is 0.345 e. The van der Waals surface area contributed by atoms with Gasteiger partial charge in [-0.15, -0.1) is 6.58 Å². The lowest BCUT2D eigenvalue weighted by Gasteiger charge is -2.28. The van der Waals surface area contributed by atoms with Gasteiger partial charge in [-0.2, -0.15) is 0 Å². The molecule has 1 aromatic carbocycles. The Kier molecular flexibility index (Phi) is 7.99. The topological polar surface area (TPSA) is 92.5 Å².